The molecule has 0 fully saturated rings. The van der Waals surface area contributed by atoms with Crippen LogP contribution in [-0.2, 0) is 4.79 Å². The quantitative estimate of drug-likeness (QED) is 0.0443. The van der Waals surface area contributed by atoms with Crippen molar-refractivity contribution in [1.29, 1.82) is 0 Å². The van der Waals surface area contributed by atoms with Crippen molar-refractivity contribution in [2.75, 3.05) is 6.61 Å². The summed E-state index contributed by atoms with van der Waals surface area (Å²) in [5.41, 5.74) is 0. The number of carbonyl (C=O) groups is 1. The second-order valence-corrected chi connectivity index (χ2v) is 15.1. The van der Waals surface area contributed by atoms with E-state index in [0.29, 0.717) is 12.8 Å². The van der Waals surface area contributed by atoms with E-state index >= 15 is 0 Å². The number of aliphatic hydroxyl groups is 2. The van der Waals surface area contributed by atoms with E-state index in [1.165, 1.54) is 180 Å². The van der Waals surface area contributed by atoms with Crippen molar-refractivity contribution < 1.29 is 15.0 Å². The van der Waals surface area contributed by atoms with Gasteiger partial charge in [-0.3, -0.25) is 4.79 Å². The minimum Gasteiger partial charge on any atom is -0.394 e. The average molecular weight is 690 g/mol. The summed E-state index contributed by atoms with van der Waals surface area (Å²) in [6, 6.07) is -0.534. The van der Waals surface area contributed by atoms with Crippen molar-refractivity contribution >= 4 is 5.91 Å². The maximum atomic E-state index is 12.4. The van der Waals surface area contributed by atoms with Crippen molar-refractivity contribution in [3.63, 3.8) is 0 Å². The highest BCUT2D eigenvalue weighted by Gasteiger charge is 2.20. The van der Waals surface area contributed by atoms with Crippen molar-refractivity contribution in [3.8, 4) is 0 Å². The molecule has 0 saturated carbocycles. The van der Waals surface area contributed by atoms with E-state index in [9.17, 15) is 15.0 Å². The Kier molecular flexibility index (Phi) is 40.3. The third-order valence-electron chi connectivity index (χ3n) is 10.2. The third kappa shape index (κ3) is 37.9. The predicted octanol–water partition coefficient (Wildman–Crippen LogP) is 13.6. The maximum Gasteiger partial charge on any atom is 0.220 e. The van der Waals surface area contributed by atoms with Gasteiger partial charge in [0.05, 0.1) is 18.8 Å². The van der Waals surface area contributed by atoms with Gasteiger partial charge in [0.15, 0.2) is 0 Å². The number of rotatable bonds is 40. The van der Waals surface area contributed by atoms with Crippen LogP contribution in [0.15, 0.2) is 24.3 Å². The fourth-order valence-corrected chi connectivity index (χ4v) is 6.80. The molecule has 49 heavy (non-hydrogen) atoms. The summed E-state index contributed by atoms with van der Waals surface area (Å²) in [7, 11) is 0. The molecule has 0 spiro atoms. The van der Waals surface area contributed by atoms with Gasteiger partial charge in [0.1, 0.15) is 0 Å². The summed E-state index contributed by atoms with van der Waals surface area (Å²) in [6.45, 7) is 4.35. The SMILES string of the molecule is CCCCCCC/C=C\C/C=C\CCCCCCCCCCCCCC(=O)NC(CO)C(O)CCCCCCCCCCCCCCCC. The monoisotopic (exact) mass is 690 g/mol. The van der Waals surface area contributed by atoms with Gasteiger partial charge in [-0.2, -0.15) is 0 Å². The standard InChI is InChI=1S/C45H87NO3/c1-3-5-7-9-11-13-15-17-19-20-21-22-23-24-25-26-27-29-31-33-35-37-39-41-45(49)46-43(42-47)44(48)40-38-36-34-32-30-28-18-16-14-12-10-8-6-4-2/h15,17,20-21,43-44,47-48H,3-14,16,18-19,22-42H2,1-2H3,(H,46,49)/b17-15-,21-20-. The number of carbonyl (C=O) groups excluding carboxylic acids is 1. The first-order valence-electron chi connectivity index (χ1n) is 22.0. The van der Waals surface area contributed by atoms with Crippen LogP contribution in [0.25, 0.3) is 0 Å². The minimum absolute atomic E-state index is 0.0325. The van der Waals surface area contributed by atoms with Gasteiger partial charge in [-0.15, -0.1) is 0 Å². The Morgan fingerprint density at radius 2 is 0.837 bits per heavy atom. The van der Waals surface area contributed by atoms with Gasteiger partial charge >= 0.3 is 0 Å². The van der Waals surface area contributed by atoms with E-state index in [1.54, 1.807) is 0 Å². The van der Waals surface area contributed by atoms with E-state index in [1.807, 2.05) is 0 Å². The Labute approximate surface area is 307 Å². The Balaban J connectivity index is 3.50. The first-order valence-corrected chi connectivity index (χ1v) is 22.0. The highest BCUT2D eigenvalue weighted by molar-refractivity contribution is 5.76. The van der Waals surface area contributed by atoms with Crippen LogP contribution in [-0.4, -0.2) is 34.9 Å². The van der Waals surface area contributed by atoms with Crippen LogP contribution in [0.1, 0.15) is 239 Å². The summed E-state index contributed by atoms with van der Waals surface area (Å²) in [5, 5.41) is 23.2. The Morgan fingerprint density at radius 3 is 1.22 bits per heavy atom. The molecule has 2 atom stereocenters. The molecule has 2 unspecified atom stereocenters. The Morgan fingerprint density at radius 1 is 0.490 bits per heavy atom. The molecular weight excluding hydrogens is 602 g/mol. The lowest BCUT2D eigenvalue weighted by molar-refractivity contribution is -0.123. The smallest absolute Gasteiger partial charge is 0.220 e. The van der Waals surface area contributed by atoms with E-state index in [2.05, 4.69) is 43.5 Å². The number of nitrogens with one attached hydrogen (secondary N) is 1. The van der Waals surface area contributed by atoms with Crippen LogP contribution in [0.3, 0.4) is 0 Å². The molecule has 0 aliphatic carbocycles. The lowest BCUT2D eigenvalue weighted by atomic mass is 10.0. The van der Waals surface area contributed by atoms with E-state index in [4.69, 9.17) is 0 Å². The van der Waals surface area contributed by atoms with Crippen molar-refractivity contribution in [2.45, 2.75) is 251 Å². The van der Waals surface area contributed by atoms with Crippen LogP contribution < -0.4 is 5.32 Å². The highest BCUT2D eigenvalue weighted by Crippen LogP contribution is 2.16. The zero-order valence-electron chi connectivity index (χ0n) is 33.2. The zero-order valence-corrected chi connectivity index (χ0v) is 33.2. The molecule has 0 radical (unpaired) electrons. The molecule has 1 amide bonds. The summed E-state index contributed by atoms with van der Waals surface area (Å²) < 4.78 is 0. The summed E-state index contributed by atoms with van der Waals surface area (Å²) in [5.74, 6) is -0.0325. The topological polar surface area (TPSA) is 69.6 Å². The number of allylic oxidation sites excluding steroid dienone is 4. The molecule has 3 N–H and O–H groups in total. The average Bonchev–Trinajstić information content (AvgIpc) is 3.10. The molecular formula is C45H87NO3. The van der Waals surface area contributed by atoms with E-state index in [0.717, 1.165) is 32.1 Å². The molecule has 0 saturated heterocycles. The molecule has 0 aliphatic heterocycles. The number of unbranched alkanes of at least 4 members (excludes halogenated alkanes) is 29. The van der Waals surface area contributed by atoms with Gasteiger partial charge in [-0.25, -0.2) is 0 Å². The molecule has 0 bridgehead atoms. The number of hydrogen-bond donors (Lipinski definition) is 3. The maximum absolute atomic E-state index is 12.4. The fraction of sp³-hybridized carbons (Fsp3) is 0.889. The molecule has 0 aromatic carbocycles. The molecule has 0 heterocycles. The Bertz CT molecular complexity index is 705. The largest absolute Gasteiger partial charge is 0.394 e. The predicted molar refractivity (Wildman–Crippen MR) is 216 cm³/mol. The molecule has 290 valence electrons. The lowest BCUT2D eigenvalue weighted by Gasteiger charge is -2.22. The van der Waals surface area contributed by atoms with Crippen LogP contribution in [0.2, 0.25) is 0 Å². The van der Waals surface area contributed by atoms with E-state index < -0.39 is 12.1 Å². The summed E-state index contributed by atoms with van der Waals surface area (Å²) in [6.07, 6.45) is 52.5. The minimum atomic E-state index is -0.657. The van der Waals surface area contributed by atoms with Crippen LogP contribution in [0, 0.1) is 0 Å². The zero-order chi connectivity index (χ0) is 35.7. The summed E-state index contributed by atoms with van der Waals surface area (Å²) >= 11 is 0. The highest BCUT2D eigenvalue weighted by atomic mass is 16.3. The lowest BCUT2D eigenvalue weighted by Crippen LogP contribution is -2.45. The number of hydrogen-bond acceptors (Lipinski definition) is 3. The van der Waals surface area contributed by atoms with Gasteiger partial charge in [-0.05, 0) is 44.9 Å². The number of amides is 1. The molecule has 4 heteroatoms. The summed E-state index contributed by atoms with van der Waals surface area (Å²) in [4.78, 5) is 12.4. The molecule has 4 nitrogen and oxygen atoms in total. The first kappa shape index (κ1) is 47.9. The van der Waals surface area contributed by atoms with Crippen LogP contribution >= 0.6 is 0 Å². The van der Waals surface area contributed by atoms with Gasteiger partial charge in [0.2, 0.25) is 5.91 Å². The second-order valence-electron chi connectivity index (χ2n) is 15.1. The van der Waals surface area contributed by atoms with Crippen molar-refractivity contribution in [1.82, 2.24) is 5.32 Å². The first-order chi connectivity index (χ1) is 24.2. The molecule has 0 rings (SSSR count). The number of aliphatic hydroxyl groups excluding tert-OH is 2. The van der Waals surface area contributed by atoms with E-state index in [-0.39, 0.29) is 12.5 Å². The van der Waals surface area contributed by atoms with Gasteiger partial charge in [0.25, 0.3) is 0 Å². The molecule has 0 aromatic heterocycles. The fourth-order valence-electron chi connectivity index (χ4n) is 6.80. The Hall–Kier alpha value is -1.13. The second kappa shape index (κ2) is 41.3. The van der Waals surface area contributed by atoms with Crippen LogP contribution in [0.4, 0.5) is 0 Å². The van der Waals surface area contributed by atoms with Gasteiger partial charge in [-0.1, -0.05) is 212 Å². The normalized spacial score (nSPS) is 13.1. The van der Waals surface area contributed by atoms with Crippen molar-refractivity contribution in [3.05, 3.63) is 24.3 Å². The van der Waals surface area contributed by atoms with Crippen LogP contribution in [0.5, 0.6) is 0 Å². The van der Waals surface area contributed by atoms with Gasteiger partial charge in [0, 0.05) is 6.42 Å². The van der Waals surface area contributed by atoms with Crippen molar-refractivity contribution in [2.24, 2.45) is 0 Å². The van der Waals surface area contributed by atoms with Gasteiger partial charge < -0.3 is 15.5 Å². The third-order valence-corrected chi connectivity index (χ3v) is 10.2. The molecule has 0 aliphatic rings. The molecule has 0 aromatic rings.